The SMILES string of the molecule is COc1ccc(C)cc1NC(=O)CNc1cccc(S(=O)(=O)N2CCCCCC2)c1. The molecule has 0 bridgehead atoms. The summed E-state index contributed by atoms with van der Waals surface area (Å²) < 4.78 is 32.8. The van der Waals surface area contributed by atoms with Crippen LogP contribution in [0.1, 0.15) is 31.2 Å². The number of carbonyl (C=O) groups excluding carboxylic acids is 1. The third-order valence-corrected chi connectivity index (χ3v) is 7.01. The highest BCUT2D eigenvalue weighted by atomic mass is 32.2. The molecule has 0 aliphatic carbocycles. The van der Waals surface area contributed by atoms with Gasteiger partial charge in [-0.1, -0.05) is 25.0 Å². The van der Waals surface area contributed by atoms with E-state index in [-0.39, 0.29) is 17.3 Å². The first-order valence-electron chi connectivity index (χ1n) is 10.2. The maximum absolute atomic E-state index is 13.0. The topological polar surface area (TPSA) is 87.7 Å². The zero-order chi connectivity index (χ0) is 21.6. The van der Waals surface area contributed by atoms with E-state index in [1.54, 1.807) is 41.7 Å². The number of carbonyl (C=O) groups is 1. The maximum Gasteiger partial charge on any atom is 0.243 e. The van der Waals surface area contributed by atoms with Crippen molar-refractivity contribution in [1.82, 2.24) is 4.31 Å². The summed E-state index contributed by atoms with van der Waals surface area (Å²) in [4.78, 5) is 12.6. The van der Waals surface area contributed by atoms with Crippen LogP contribution in [0.4, 0.5) is 11.4 Å². The second-order valence-corrected chi connectivity index (χ2v) is 9.39. The zero-order valence-corrected chi connectivity index (χ0v) is 18.3. The molecule has 0 spiro atoms. The molecule has 0 atom stereocenters. The Labute approximate surface area is 178 Å². The fourth-order valence-corrected chi connectivity index (χ4v) is 5.06. The van der Waals surface area contributed by atoms with Crippen LogP contribution in [0.2, 0.25) is 0 Å². The Morgan fingerprint density at radius 2 is 1.80 bits per heavy atom. The average Bonchev–Trinajstić information content (AvgIpc) is 3.03. The van der Waals surface area contributed by atoms with Crippen LogP contribution in [0.15, 0.2) is 47.4 Å². The van der Waals surface area contributed by atoms with E-state index in [1.807, 2.05) is 19.1 Å². The summed E-state index contributed by atoms with van der Waals surface area (Å²) >= 11 is 0. The van der Waals surface area contributed by atoms with Gasteiger partial charge in [0.1, 0.15) is 5.75 Å². The number of benzene rings is 2. The van der Waals surface area contributed by atoms with Crippen molar-refractivity contribution in [2.45, 2.75) is 37.5 Å². The van der Waals surface area contributed by atoms with Gasteiger partial charge in [0.25, 0.3) is 0 Å². The Hall–Kier alpha value is -2.58. The first-order chi connectivity index (χ1) is 14.4. The largest absolute Gasteiger partial charge is 0.495 e. The standard InChI is InChI=1S/C22H29N3O4S/c1-17-10-11-21(29-2)20(14-17)24-22(26)16-23-18-8-7-9-19(15-18)30(27,28)25-12-5-3-4-6-13-25/h7-11,14-15,23H,3-6,12-13,16H2,1-2H3,(H,24,26). The first-order valence-corrected chi connectivity index (χ1v) is 11.6. The van der Waals surface area contributed by atoms with Gasteiger partial charge in [-0.15, -0.1) is 0 Å². The number of anilines is 2. The van der Waals surface area contributed by atoms with Crippen LogP contribution in [-0.4, -0.2) is 45.4 Å². The van der Waals surface area contributed by atoms with Crippen LogP contribution in [0, 0.1) is 6.92 Å². The number of hydrogen-bond donors (Lipinski definition) is 2. The van der Waals surface area contributed by atoms with Crippen molar-refractivity contribution in [2.75, 3.05) is 37.4 Å². The summed E-state index contributed by atoms with van der Waals surface area (Å²) in [5, 5.41) is 5.83. The van der Waals surface area contributed by atoms with Gasteiger partial charge in [0.05, 0.1) is 24.2 Å². The van der Waals surface area contributed by atoms with Crippen LogP contribution in [0.5, 0.6) is 5.75 Å². The van der Waals surface area contributed by atoms with Crippen molar-refractivity contribution < 1.29 is 17.9 Å². The highest BCUT2D eigenvalue weighted by Crippen LogP contribution is 2.25. The minimum absolute atomic E-state index is 0.00428. The molecule has 3 rings (SSSR count). The molecule has 8 heteroatoms. The van der Waals surface area contributed by atoms with Gasteiger partial charge >= 0.3 is 0 Å². The monoisotopic (exact) mass is 431 g/mol. The molecule has 0 saturated carbocycles. The smallest absolute Gasteiger partial charge is 0.243 e. The third-order valence-electron chi connectivity index (χ3n) is 5.12. The lowest BCUT2D eigenvalue weighted by atomic mass is 10.2. The van der Waals surface area contributed by atoms with Crippen LogP contribution in [-0.2, 0) is 14.8 Å². The van der Waals surface area contributed by atoms with E-state index in [9.17, 15) is 13.2 Å². The Bertz CT molecular complexity index is 984. The van der Waals surface area contributed by atoms with Crippen molar-refractivity contribution in [2.24, 2.45) is 0 Å². The number of hydrogen-bond acceptors (Lipinski definition) is 5. The number of nitrogens with zero attached hydrogens (tertiary/aromatic N) is 1. The third kappa shape index (κ3) is 5.52. The first kappa shape index (κ1) is 22.1. The Morgan fingerprint density at radius 1 is 1.07 bits per heavy atom. The maximum atomic E-state index is 13.0. The van der Waals surface area contributed by atoms with Gasteiger partial charge in [0, 0.05) is 18.8 Å². The van der Waals surface area contributed by atoms with Gasteiger partial charge in [-0.05, 0) is 55.7 Å². The summed E-state index contributed by atoms with van der Waals surface area (Å²) in [6, 6.07) is 12.2. The van der Waals surface area contributed by atoms with E-state index < -0.39 is 10.0 Å². The lowest BCUT2D eigenvalue weighted by Crippen LogP contribution is -2.32. The molecule has 1 saturated heterocycles. The fourth-order valence-electron chi connectivity index (χ4n) is 3.49. The number of aryl methyl sites for hydroxylation is 1. The molecule has 0 radical (unpaired) electrons. The highest BCUT2D eigenvalue weighted by Gasteiger charge is 2.25. The molecule has 0 unspecified atom stereocenters. The van der Waals surface area contributed by atoms with E-state index in [0.29, 0.717) is 30.2 Å². The quantitative estimate of drug-likeness (QED) is 0.699. The highest BCUT2D eigenvalue weighted by molar-refractivity contribution is 7.89. The number of methoxy groups -OCH3 is 1. The van der Waals surface area contributed by atoms with Crippen molar-refractivity contribution in [1.29, 1.82) is 0 Å². The van der Waals surface area contributed by atoms with Crippen LogP contribution < -0.4 is 15.4 Å². The molecule has 1 fully saturated rings. The minimum atomic E-state index is -3.53. The molecule has 1 heterocycles. The molecule has 162 valence electrons. The van der Waals surface area contributed by atoms with E-state index in [2.05, 4.69) is 10.6 Å². The molecule has 1 amide bonds. The number of nitrogens with one attached hydrogen (secondary N) is 2. The van der Waals surface area contributed by atoms with Crippen molar-refractivity contribution in [3.8, 4) is 5.75 Å². The Balaban J connectivity index is 1.65. The van der Waals surface area contributed by atoms with E-state index in [4.69, 9.17) is 4.74 Å². The van der Waals surface area contributed by atoms with Gasteiger partial charge < -0.3 is 15.4 Å². The fraction of sp³-hybridized carbons (Fsp3) is 0.409. The van der Waals surface area contributed by atoms with E-state index in [1.165, 1.54) is 0 Å². The normalized spacial score (nSPS) is 15.3. The summed E-state index contributed by atoms with van der Waals surface area (Å²) in [6.45, 7) is 3.05. The van der Waals surface area contributed by atoms with Crippen molar-refractivity contribution in [3.05, 3.63) is 48.0 Å². The van der Waals surface area contributed by atoms with Crippen LogP contribution in [0.3, 0.4) is 0 Å². The molecule has 2 aromatic rings. The van der Waals surface area contributed by atoms with Gasteiger partial charge in [-0.3, -0.25) is 4.79 Å². The predicted molar refractivity (Wildman–Crippen MR) is 119 cm³/mol. The molecule has 1 aliphatic rings. The molecule has 30 heavy (non-hydrogen) atoms. The lowest BCUT2D eigenvalue weighted by molar-refractivity contribution is -0.114. The second-order valence-electron chi connectivity index (χ2n) is 7.45. The molecule has 2 aromatic carbocycles. The number of rotatable bonds is 7. The Kier molecular flexibility index (Phi) is 7.33. The number of ether oxygens (including phenoxy) is 1. The number of sulfonamides is 1. The van der Waals surface area contributed by atoms with Gasteiger partial charge in [0.2, 0.25) is 15.9 Å². The van der Waals surface area contributed by atoms with Crippen LogP contribution >= 0.6 is 0 Å². The molecule has 7 nitrogen and oxygen atoms in total. The van der Waals surface area contributed by atoms with Gasteiger partial charge in [-0.25, -0.2) is 8.42 Å². The van der Waals surface area contributed by atoms with E-state index in [0.717, 1.165) is 31.2 Å². The molecular weight excluding hydrogens is 402 g/mol. The molecule has 0 aromatic heterocycles. The second kappa shape index (κ2) is 9.95. The van der Waals surface area contributed by atoms with Gasteiger partial charge in [0.15, 0.2) is 0 Å². The lowest BCUT2D eigenvalue weighted by Gasteiger charge is -2.20. The summed E-state index contributed by atoms with van der Waals surface area (Å²) in [5.74, 6) is 0.333. The average molecular weight is 432 g/mol. The van der Waals surface area contributed by atoms with Crippen LogP contribution in [0.25, 0.3) is 0 Å². The molecular formula is C22H29N3O4S. The van der Waals surface area contributed by atoms with E-state index >= 15 is 0 Å². The van der Waals surface area contributed by atoms with Gasteiger partial charge in [-0.2, -0.15) is 4.31 Å². The predicted octanol–water partition coefficient (Wildman–Crippen LogP) is 3.62. The Morgan fingerprint density at radius 3 is 2.50 bits per heavy atom. The molecule has 1 aliphatic heterocycles. The summed E-state index contributed by atoms with van der Waals surface area (Å²) in [5.41, 5.74) is 2.18. The summed E-state index contributed by atoms with van der Waals surface area (Å²) in [7, 11) is -1.98. The van der Waals surface area contributed by atoms with Crippen molar-refractivity contribution >= 4 is 27.3 Å². The zero-order valence-electron chi connectivity index (χ0n) is 17.5. The minimum Gasteiger partial charge on any atom is -0.495 e. The van der Waals surface area contributed by atoms with Crippen molar-refractivity contribution in [3.63, 3.8) is 0 Å². The summed E-state index contributed by atoms with van der Waals surface area (Å²) in [6.07, 6.45) is 3.91. The molecule has 2 N–H and O–H groups in total. The number of amides is 1.